The highest BCUT2D eigenvalue weighted by Crippen LogP contribution is 2.20. The maximum Gasteiger partial charge on any atom is 0.306 e. The van der Waals surface area contributed by atoms with E-state index >= 15 is 0 Å². The minimum absolute atomic E-state index is 0.0197. The second kappa shape index (κ2) is 22.5. The molecule has 194 valence electrons. The highest BCUT2D eigenvalue weighted by Gasteiger charge is 2.41. The van der Waals surface area contributed by atoms with Crippen LogP contribution in [0.4, 0.5) is 0 Å². The zero-order valence-electron chi connectivity index (χ0n) is 20.8. The summed E-state index contributed by atoms with van der Waals surface area (Å²) in [6.07, 6.45) is 17.3. The number of rotatable bonds is 18. The Bertz CT molecular complexity index is 495. The average Bonchev–Trinajstić information content (AvgIpc) is 3.13. The van der Waals surface area contributed by atoms with E-state index < -0.39 is 37.0 Å². The molecule has 7 nitrogen and oxygen atoms in total. The zero-order valence-corrected chi connectivity index (χ0v) is 20.8. The molecule has 7 heteroatoms. The summed E-state index contributed by atoms with van der Waals surface area (Å²) in [7, 11) is 0. The third-order valence-electron chi connectivity index (χ3n) is 5.66. The van der Waals surface area contributed by atoms with E-state index in [1.165, 1.54) is 58.3 Å². The van der Waals surface area contributed by atoms with Gasteiger partial charge in [0.2, 0.25) is 0 Å². The maximum absolute atomic E-state index is 11.9. The third kappa shape index (κ3) is 16.9. The van der Waals surface area contributed by atoms with E-state index in [2.05, 4.69) is 19.1 Å². The first-order valence-electron chi connectivity index (χ1n) is 12.8. The van der Waals surface area contributed by atoms with Crippen LogP contribution in [0.5, 0.6) is 0 Å². The smallest absolute Gasteiger partial charge is 0.306 e. The van der Waals surface area contributed by atoms with Crippen molar-refractivity contribution in [1.82, 2.24) is 0 Å². The van der Waals surface area contributed by atoms with Gasteiger partial charge in [0.15, 0.2) is 6.10 Å². The number of aliphatic hydroxyl groups is 3. The van der Waals surface area contributed by atoms with Gasteiger partial charge in [-0.3, -0.25) is 4.79 Å². The van der Waals surface area contributed by atoms with Gasteiger partial charge in [-0.15, -0.1) is 0 Å². The molecule has 0 aromatic heterocycles. The molecule has 0 unspecified atom stereocenters. The average molecular weight is 473 g/mol. The Kier molecular flexibility index (Phi) is 21.6. The molecule has 1 saturated heterocycles. The molecule has 1 aliphatic heterocycles. The molecule has 1 fully saturated rings. The lowest BCUT2D eigenvalue weighted by molar-refractivity contribution is -0.162. The number of carbonyl (C=O) groups excluding carboxylic acids is 2. The molecule has 0 amide bonds. The van der Waals surface area contributed by atoms with Crippen molar-refractivity contribution in [2.45, 2.75) is 128 Å². The van der Waals surface area contributed by atoms with Gasteiger partial charge in [-0.1, -0.05) is 70.4 Å². The van der Waals surface area contributed by atoms with E-state index in [9.17, 15) is 20.1 Å². The molecule has 0 spiro atoms. The Hall–Kier alpha value is -1.28. The van der Waals surface area contributed by atoms with Crippen LogP contribution >= 0.6 is 0 Å². The Morgan fingerprint density at radius 1 is 0.970 bits per heavy atom. The van der Waals surface area contributed by atoms with Crippen LogP contribution in [0.1, 0.15) is 104 Å². The van der Waals surface area contributed by atoms with E-state index in [1.54, 1.807) is 0 Å². The summed E-state index contributed by atoms with van der Waals surface area (Å²) in [6, 6.07) is 0. The molecule has 4 atom stereocenters. The van der Waals surface area contributed by atoms with Crippen LogP contribution in [0.15, 0.2) is 12.2 Å². The zero-order chi connectivity index (χ0) is 24.7. The molecule has 0 radical (unpaired) electrons. The van der Waals surface area contributed by atoms with Gasteiger partial charge in [-0.2, -0.15) is 0 Å². The first-order valence-corrected chi connectivity index (χ1v) is 12.8. The van der Waals surface area contributed by atoms with Crippen molar-refractivity contribution in [3.63, 3.8) is 0 Å². The fourth-order valence-electron chi connectivity index (χ4n) is 3.73. The van der Waals surface area contributed by atoms with Crippen molar-refractivity contribution >= 4 is 12.3 Å². The lowest BCUT2D eigenvalue weighted by Gasteiger charge is -2.24. The number of unbranched alkanes of at least 4 members (excludes halogenated alkanes) is 11. The van der Waals surface area contributed by atoms with E-state index in [1.807, 2.05) is 0 Å². The Balaban J connectivity index is 0.00000322. The summed E-state index contributed by atoms with van der Waals surface area (Å²) in [6.45, 7) is 3.23. The van der Waals surface area contributed by atoms with Crippen LogP contribution in [-0.2, 0) is 19.1 Å². The van der Waals surface area contributed by atoms with E-state index in [0.717, 1.165) is 38.4 Å². The van der Waals surface area contributed by atoms with E-state index in [-0.39, 0.29) is 6.61 Å². The van der Waals surface area contributed by atoms with Gasteiger partial charge in [0.05, 0.1) is 13.2 Å². The van der Waals surface area contributed by atoms with Crippen LogP contribution in [-0.4, -0.2) is 65.2 Å². The molecule has 33 heavy (non-hydrogen) atoms. The van der Waals surface area contributed by atoms with Crippen molar-refractivity contribution in [1.29, 1.82) is 0 Å². The second-order valence-electron chi connectivity index (χ2n) is 8.64. The SMILES string of the molecule is CC=O.CCCCCCCC/C=C\CCCCCCCC(=O)O[C@H](CO)[C@H]1OC[C@H](O)[C@H]1O. The standard InChI is InChI=1S/C24H44O6.C2H4O/c1-2-3-4-5-6-7-8-9-10-11-12-13-14-15-16-17-22(27)30-21(18-25)24-23(28)20(26)19-29-24;1-2-3/h9-10,20-21,23-26,28H,2-8,11-19H2,1H3;2H,1H3/b10-9-;/t20-,21+,23+,24+;/m0./s1. The predicted molar refractivity (Wildman–Crippen MR) is 130 cm³/mol. The number of allylic oxidation sites excluding steroid dienone is 2. The number of ether oxygens (including phenoxy) is 2. The number of hydrogen-bond donors (Lipinski definition) is 3. The molecule has 0 aromatic carbocycles. The molecular formula is C26H48O7. The van der Waals surface area contributed by atoms with Crippen LogP contribution in [0, 0.1) is 0 Å². The third-order valence-corrected chi connectivity index (χ3v) is 5.66. The highest BCUT2D eigenvalue weighted by molar-refractivity contribution is 5.69. The van der Waals surface area contributed by atoms with E-state index in [0.29, 0.717) is 6.42 Å². The number of aldehydes is 1. The van der Waals surface area contributed by atoms with E-state index in [4.69, 9.17) is 14.3 Å². The first kappa shape index (κ1) is 31.7. The molecule has 3 N–H and O–H groups in total. The van der Waals surface area contributed by atoms with Crippen molar-refractivity contribution in [3.05, 3.63) is 12.2 Å². The topological polar surface area (TPSA) is 113 Å². The summed E-state index contributed by atoms with van der Waals surface area (Å²) < 4.78 is 10.4. The van der Waals surface area contributed by atoms with Crippen molar-refractivity contribution in [3.8, 4) is 0 Å². The summed E-state index contributed by atoms with van der Waals surface area (Å²) in [4.78, 5) is 20.8. The van der Waals surface area contributed by atoms with Gasteiger partial charge < -0.3 is 29.6 Å². The Labute approximate surface area is 200 Å². The largest absolute Gasteiger partial charge is 0.457 e. The minimum atomic E-state index is -1.14. The Morgan fingerprint density at radius 3 is 1.97 bits per heavy atom. The lowest BCUT2D eigenvalue weighted by atomic mass is 10.1. The molecule has 1 aliphatic rings. The molecule has 0 bridgehead atoms. The minimum Gasteiger partial charge on any atom is -0.457 e. The summed E-state index contributed by atoms with van der Waals surface area (Å²) in [5, 5.41) is 28.7. The molecule has 0 saturated carbocycles. The number of carbonyl (C=O) groups is 2. The lowest BCUT2D eigenvalue weighted by Crippen LogP contribution is -2.43. The highest BCUT2D eigenvalue weighted by atomic mass is 16.6. The molecule has 0 aromatic rings. The van der Waals surface area contributed by atoms with Crippen LogP contribution in [0.2, 0.25) is 0 Å². The van der Waals surface area contributed by atoms with Gasteiger partial charge in [0.1, 0.15) is 24.6 Å². The maximum atomic E-state index is 11.9. The van der Waals surface area contributed by atoms with Gasteiger partial charge in [-0.25, -0.2) is 0 Å². The number of aliphatic hydroxyl groups excluding tert-OH is 3. The molecular weight excluding hydrogens is 424 g/mol. The fraction of sp³-hybridized carbons (Fsp3) is 0.846. The van der Waals surface area contributed by atoms with Gasteiger partial charge in [0, 0.05) is 6.42 Å². The quantitative estimate of drug-likeness (QED) is 0.118. The number of esters is 1. The monoisotopic (exact) mass is 472 g/mol. The van der Waals surface area contributed by atoms with Crippen LogP contribution < -0.4 is 0 Å². The Morgan fingerprint density at radius 2 is 1.48 bits per heavy atom. The van der Waals surface area contributed by atoms with Crippen molar-refractivity contribution in [2.75, 3.05) is 13.2 Å². The first-order chi connectivity index (χ1) is 16.0. The fourth-order valence-corrected chi connectivity index (χ4v) is 3.73. The summed E-state index contributed by atoms with van der Waals surface area (Å²) >= 11 is 0. The van der Waals surface area contributed by atoms with Crippen molar-refractivity contribution in [2.24, 2.45) is 0 Å². The molecule has 1 rings (SSSR count). The van der Waals surface area contributed by atoms with Crippen LogP contribution in [0.25, 0.3) is 0 Å². The molecule has 1 heterocycles. The normalized spacial score (nSPS) is 20.9. The van der Waals surface area contributed by atoms with Crippen LogP contribution in [0.3, 0.4) is 0 Å². The molecule has 0 aliphatic carbocycles. The van der Waals surface area contributed by atoms with Gasteiger partial charge in [0.25, 0.3) is 0 Å². The summed E-state index contributed by atoms with van der Waals surface area (Å²) in [5.41, 5.74) is 0. The number of hydrogen-bond acceptors (Lipinski definition) is 7. The predicted octanol–water partition coefficient (Wildman–Crippen LogP) is 4.25. The van der Waals surface area contributed by atoms with Gasteiger partial charge in [-0.05, 0) is 39.0 Å². The second-order valence-corrected chi connectivity index (χ2v) is 8.64. The van der Waals surface area contributed by atoms with Crippen molar-refractivity contribution < 1.29 is 34.4 Å². The summed E-state index contributed by atoms with van der Waals surface area (Å²) in [5.74, 6) is -0.399. The van der Waals surface area contributed by atoms with Gasteiger partial charge >= 0.3 is 5.97 Å².